The summed E-state index contributed by atoms with van der Waals surface area (Å²) in [6.45, 7) is 3.40. The predicted octanol–water partition coefficient (Wildman–Crippen LogP) is 0.701. The summed E-state index contributed by atoms with van der Waals surface area (Å²) in [6, 6.07) is 0.198. The van der Waals surface area contributed by atoms with Crippen LogP contribution in [0.5, 0.6) is 6.01 Å². The van der Waals surface area contributed by atoms with Gasteiger partial charge in [-0.05, 0) is 6.92 Å². The standard InChI is InChI=1S/C10H15N5O3S/c1-2-18-9-12-8(13-14-9)11-7(16)3-4-15-5-6-19-10(15)17/h2-6H2,1H3,(H2,11,12,13,14,16). The largest absolute Gasteiger partial charge is 0.463 e. The van der Waals surface area contributed by atoms with Crippen molar-refractivity contribution in [2.24, 2.45) is 0 Å². The lowest BCUT2D eigenvalue weighted by Gasteiger charge is -2.13. The van der Waals surface area contributed by atoms with Gasteiger partial charge in [0.15, 0.2) is 0 Å². The molecule has 2 amide bonds. The molecule has 9 heteroatoms. The first kappa shape index (κ1) is 13.7. The molecule has 1 aliphatic rings. The molecule has 2 N–H and O–H groups in total. The number of carbonyl (C=O) groups is 2. The minimum atomic E-state index is -0.219. The molecule has 0 spiro atoms. The Balaban J connectivity index is 1.75. The summed E-state index contributed by atoms with van der Waals surface area (Å²) in [5.74, 6) is 0.819. The molecule has 104 valence electrons. The van der Waals surface area contributed by atoms with E-state index < -0.39 is 0 Å². The smallest absolute Gasteiger partial charge is 0.337 e. The lowest BCUT2D eigenvalue weighted by molar-refractivity contribution is -0.116. The summed E-state index contributed by atoms with van der Waals surface area (Å²) in [5, 5.41) is 8.92. The molecule has 0 saturated carbocycles. The minimum Gasteiger partial charge on any atom is -0.463 e. The number of thioether (sulfide) groups is 1. The van der Waals surface area contributed by atoms with Gasteiger partial charge in [-0.15, -0.1) is 5.10 Å². The maximum atomic E-state index is 11.7. The topological polar surface area (TPSA) is 100 Å². The first-order valence-electron chi connectivity index (χ1n) is 5.95. The first-order chi connectivity index (χ1) is 9.19. The van der Waals surface area contributed by atoms with Crippen LogP contribution in [0.2, 0.25) is 0 Å². The molecule has 0 aliphatic carbocycles. The van der Waals surface area contributed by atoms with E-state index in [1.165, 1.54) is 11.8 Å². The number of nitrogens with zero attached hydrogens (tertiary/aromatic N) is 3. The van der Waals surface area contributed by atoms with Gasteiger partial charge in [-0.1, -0.05) is 11.8 Å². The highest BCUT2D eigenvalue weighted by Gasteiger charge is 2.21. The molecule has 2 heterocycles. The number of H-pyrrole nitrogens is 1. The third-order valence-corrected chi connectivity index (χ3v) is 3.34. The van der Waals surface area contributed by atoms with Gasteiger partial charge in [-0.2, -0.15) is 4.98 Å². The molecule has 0 aromatic carbocycles. The van der Waals surface area contributed by atoms with Crippen LogP contribution in [0.25, 0.3) is 0 Å². The van der Waals surface area contributed by atoms with E-state index in [1.807, 2.05) is 6.92 Å². The third-order valence-electron chi connectivity index (χ3n) is 2.45. The van der Waals surface area contributed by atoms with Gasteiger partial charge >= 0.3 is 6.01 Å². The van der Waals surface area contributed by atoms with E-state index in [0.717, 1.165) is 5.75 Å². The van der Waals surface area contributed by atoms with Crippen molar-refractivity contribution in [3.05, 3.63) is 0 Å². The monoisotopic (exact) mass is 285 g/mol. The SMILES string of the molecule is CCOc1n[nH]c(NC(=O)CCN2CCSC2=O)n1. The van der Waals surface area contributed by atoms with Crippen LogP contribution in [0.3, 0.4) is 0 Å². The normalized spacial score (nSPS) is 14.8. The summed E-state index contributed by atoms with van der Waals surface area (Å²) in [4.78, 5) is 28.6. The van der Waals surface area contributed by atoms with E-state index >= 15 is 0 Å². The highest BCUT2D eigenvalue weighted by atomic mass is 32.2. The average molecular weight is 285 g/mol. The van der Waals surface area contributed by atoms with Crippen LogP contribution < -0.4 is 10.1 Å². The number of anilines is 1. The van der Waals surface area contributed by atoms with Crippen LogP contribution in [0.4, 0.5) is 10.7 Å². The second kappa shape index (κ2) is 6.41. The molecule has 1 fully saturated rings. The van der Waals surface area contributed by atoms with E-state index in [1.54, 1.807) is 4.90 Å². The Morgan fingerprint density at radius 2 is 2.47 bits per heavy atom. The number of hydrogen-bond acceptors (Lipinski definition) is 6. The molecule has 1 aliphatic heterocycles. The number of carbonyl (C=O) groups excluding carboxylic acids is 2. The minimum absolute atomic E-state index is 0.0334. The van der Waals surface area contributed by atoms with Crippen molar-refractivity contribution in [3.63, 3.8) is 0 Å². The van der Waals surface area contributed by atoms with Gasteiger partial charge < -0.3 is 9.64 Å². The van der Waals surface area contributed by atoms with Crippen LogP contribution in [0, 0.1) is 0 Å². The summed E-state index contributed by atoms with van der Waals surface area (Å²) < 4.78 is 5.06. The Kier molecular flexibility index (Phi) is 4.61. The van der Waals surface area contributed by atoms with Crippen LogP contribution in [0.15, 0.2) is 0 Å². The van der Waals surface area contributed by atoms with Crippen molar-refractivity contribution in [1.29, 1.82) is 0 Å². The molecule has 0 atom stereocenters. The fraction of sp³-hybridized carbons (Fsp3) is 0.600. The predicted molar refractivity (Wildman–Crippen MR) is 70.2 cm³/mol. The van der Waals surface area contributed by atoms with Gasteiger partial charge in [0, 0.05) is 25.3 Å². The molecule has 0 bridgehead atoms. The molecule has 19 heavy (non-hydrogen) atoms. The Hall–Kier alpha value is -1.77. The molecular formula is C10H15N5O3S. The Morgan fingerprint density at radius 1 is 1.63 bits per heavy atom. The number of amides is 2. The zero-order chi connectivity index (χ0) is 13.7. The summed E-state index contributed by atoms with van der Waals surface area (Å²) in [5.41, 5.74) is 0. The van der Waals surface area contributed by atoms with Crippen molar-refractivity contribution >= 4 is 28.9 Å². The fourth-order valence-electron chi connectivity index (χ4n) is 1.56. The number of ether oxygens (including phenoxy) is 1. The molecule has 2 rings (SSSR count). The van der Waals surface area contributed by atoms with Gasteiger partial charge in [0.1, 0.15) is 0 Å². The van der Waals surface area contributed by atoms with E-state index in [9.17, 15) is 9.59 Å². The van der Waals surface area contributed by atoms with Gasteiger partial charge in [-0.25, -0.2) is 5.10 Å². The number of aromatic amines is 1. The molecule has 1 aromatic heterocycles. The lowest BCUT2D eigenvalue weighted by atomic mass is 10.3. The second-order valence-electron chi connectivity index (χ2n) is 3.80. The maximum absolute atomic E-state index is 11.7. The Bertz CT molecular complexity index is 464. The van der Waals surface area contributed by atoms with Crippen LogP contribution >= 0.6 is 11.8 Å². The van der Waals surface area contributed by atoms with Crippen LogP contribution in [0.1, 0.15) is 13.3 Å². The van der Waals surface area contributed by atoms with E-state index in [2.05, 4.69) is 20.5 Å². The van der Waals surface area contributed by atoms with Gasteiger partial charge in [0.25, 0.3) is 5.24 Å². The van der Waals surface area contributed by atoms with Crippen molar-refractivity contribution in [1.82, 2.24) is 20.1 Å². The molecule has 0 unspecified atom stereocenters. The van der Waals surface area contributed by atoms with Gasteiger partial charge in [0.2, 0.25) is 11.9 Å². The van der Waals surface area contributed by atoms with E-state index in [-0.39, 0.29) is 29.5 Å². The van der Waals surface area contributed by atoms with Crippen LogP contribution in [-0.2, 0) is 4.79 Å². The van der Waals surface area contributed by atoms with Gasteiger partial charge in [0.05, 0.1) is 6.61 Å². The Labute approximate surface area is 114 Å². The van der Waals surface area contributed by atoms with Crippen molar-refractivity contribution in [2.45, 2.75) is 13.3 Å². The lowest BCUT2D eigenvalue weighted by Crippen LogP contribution is -2.27. The number of nitrogens with one attached hydrogen (secondary N) is 2. The van der Waals surface area contributed by atoms with Crippen LogP contribution in [-0.4, -0.2) is 56.7 Å². The number of rotatable bonds is 6. The molecule has 0 radical (unpaired) electrons. The zero-order valence-corrected chi connectivity index (χ0v) is 11.3. The summed E-state index contributed by atoms with van der Waals surface area (Å²) in [7, 11) is 0. The summed E-state index contributed by atoms with van der Waals surface area (Å²) in [6.07, 6.45) is 0.233. The fourth-order valence-corrected chi connectivity index (χ4v) is 2.41. The van der Waals surface area contributed by atoms with Crippen molar-refractivity contribution in [3.8, 4) is 6.01 Å². The quantitative estimate of drug-likeness (QED) is 0.798. The van der Waals surface area contributed by atoms with Crippen molar-refractivity contribution in [2.75, 3.05) is 30.8 Å². The highest BCUT2D eigenvalue weighted by Crippen LogP contribution is 2.17. The van der Waals surface area contributed by atoms with Gasteiger partial charge in [-0.3, -0.25) is 14.9 Å². The summed E-state index contributed by atoms with van der Waals surface area (Å²) >= 11 is 1.28. The molecule has 1 saturated heterocycles. The highest BCUT2D eigenvalue weighted by molar-refractivity contribution is 8.13. The second-order valence-corrected chi connectivity index (χ2v) is 4.85. The first-order valence-corrected chi connectivity index (χ1v) is 6.94. The molecule has 8 nitrogen and oxygen atoms in total. The zero-order valence-electron chi connectivity index (χ0n) is 10.5. The van der Waals surface area contributed by atoms with Crippen molar-refractivity contribution < 1.29 is 14.3 Å². The van der Waals surface area contributed by atoms with E-state index in [0.29, 0.717) is 19.7 Å². The van der Waals surface area contributed by atoms with E-state index in [4.69, 9.17) is 4.74 Å². The number of hydrogen-bond donors (Lipinski definition) is 2. The average Bonchev–Trinajstić information content (AvgIpc) is 2.97. The third kappa shape index (κ3) is 3.85. The Morgan fingerprint density at radius 3 is 3.16 bits per heavy atom. The maximum Gasteiger partial charge on any atom is 0.337 e. The number of aromatic nitrogens is 3. The molecule has 1 aromatic rings. The molecular weight excluding hydrogens is 270 g/mol.